The van der Waals surface area contributed by atoms with Crippen LogP contribution in [0.25, 0.3) is 11.0 Å². The Bertz CT molecular complexity index is 708. The van der Waals surface area contributed by atoms with Crippen molar-refractivity contribution in [2.45, 2.75) is 51.9 Å². The predicted octanol–water partition coefficient (Wildman–Crippen LogP) is 4.34. The number of ether oxygens (including phenoxy) is 1. The molecule has 2 rings (SSSR count). The van der Waals surface area contributed by atoms with E-state index in [4.69, 9.17) is 14.3 Å². The van der Waals surface area contributed by atoms with E-state index < -0.39 is 11.4 Å². The van der Waals surface area contributed by atoms with E-state index >= 15 is 0 Å². The molecule has 0 bridgehead atoms. The van der Waals surface area contributed by atoms with Gasteiger partial charge in [-0.2, -0.15) is 4.39 Å². The highest BCUT2D eigenvalue weighted by Gasteiger charge is 2.11. The van der Waals surface area contributed by atoms with E-state index in [0.29, 0.717) is 28.9 Å². The van der Waals surface area contributed by atoms with E-state index in [2.05, 4.69) is 0 Å². The Hall–Kier alpha value is -1.88. The monoisotopic (exact) mass is 336 g/mol. The van der Waals surface area contributed by atoms with Crippen LogP contribution >= 0.6 is 0 Å². The fourth-order valence-corrected chi connectivity index (χ4v) is 2.69. The van der Waals surface area contributed by atoms with Crippen LogP contribution in [-0.2, 0) is 0 Å². The molecule has 0 saturated carbocycles. The Balaban J connectivity index is 1.77. The fraction of sp³-hybridized carbons (Fsp3) is 0.526. The smallest absolute Gasteiger partial charge is 0.372 e. The zero-order chi connectivity index (χ0) is 17.4. The third-order valence-corrected chi connectivity index (χ3v) is 4.14. The van der Waals surface area contributed by atoms with Crippen LogP contribution < -0.4 is 10.4 Å². The molecule has 0 spiro atoms. The maximum absolute atomic E-state index is 13.5. The van der Waals surface area contributed by atoms with E-state index in [1.54, 1.807) is 25.1 Å². The first-order chi connectivity index (χ1) is 11.6. The molecule has 2 aromatic rings. The summed E-state index contributed by atoms with van der Waals surface area (Å²) < 4.78 is 24.2. The molecule has 1 heterocycles. The second-order valence-electron chi connectivity index (χ2n) is 6.03. The lowest BCUT2D eigenvalue weighted by Crippen LogP contribution is -2.07. The number of hydrogen-bond donors (Lipinski definition) is 1. The largest absolute Gasteiger partial charge is 0.493 e. The summed E-state index contributed by atoms with van der Waals surface area (Å²) in [6.45, 7) is 2.45. The van der Waals surface area contributed by atoms with Gasteiger partial charge in [0.25, 0.3) is 0 Å². The Kier molecular flexibility index (Phi) is 7.25. The molecule has 24 heavy (non-hydrogen) atoms. The Labute approximate surface area is 141 Å². The summed E-state index contributed by atoms with van der Waals surface area (Å²) in [5, 5.41) is 9.28. The van der Waals surface area contributed by atoms with Crippen LogP contribution in [0.15, 0.2) is 27.4 Å². The number of aliphatic hydroxyl groups excluding tert-OH is 1. The summed E-state index contributed by atoms with van der Waals surface area (Å²) in [5.41, 5.74) is -0.298. The molecule has 1 aromatic carbocycles. The van der Waals surface area contributed by atoms with Gasteiger partial charge < -0.3 is 14.3 Å². The van der Waals surface area contributed by atoms with Crippen molar-refractivity contribution >= 4 is 11.0 Å². The first kappa shape index (κ1) is 18.5. The summed E-state index contributed by atoms with van der Waals surface area (Å²) in [6, 6.07) is 5.12. The van der Waals surface area contributed by atoms with Crippen molar-refractivity contribution in [2.75, 3.05) is 13.2 Å². The first-order valence-corrected chi connectivity index (χ1v) is 8.60. The zero-order valence-electron chi connectivity index (χ0n) is 14.1. The summed E-state index contributed by atoms with van der Waals surface area (Å²) in [7, 11) is 0. The molecule has 1 N–H and O–H groups in total. The van der Waals surface area contributed by atoms with Gasteiger partial charge >= 0.3 is 5.63 Å². The third-order valence-electron chi connectivity index (χ3n) is 4.14. The van der Waals surface area contributed by atoms with E-state index in [0.717, 1.165) is 25.7 Å². The van der Waals surface area contributed by atoms with Crippen LogP contribution in [-0.4, -0.2) is 18.3 Å². The average Bonchev–Trinajstić information content (AvgIpc) is 2.58. The molecule has 0 saturated heterocycles. The van der Waals surface area contributed by atoms with Crippen LogP contribution in [0.4, 0.5) is 4.39 Å². The van der Waals surface area contributed by atoms with Crippen LogP contribution in [0.5, 0.6) is 5.75 Å². The lowest BCUT2D eigenvalue weighted by molar-refractivity contribution is 0.281. The van der Waals surface area contributed by atoms with Crippen LogP contribution in [0.2, 0.25) is 0 Å². The molecule has 0 amide bonds. The number of rotatable bonds is 10. The molecule has 5 heteroatoms. The number of hydrogen-bond acceptors (Lipinski definition) is 4. The summed E-state index contributed by atoms with van der Waals surface area (Å²) in [4.78, 5) is 11.4. The molecule has 0 aliphatic rings. The second kappa shape index (κ2) is 9.42. The van der Waals surface area contributed by atoms with Crippen molar-refractivity contribution in [1.82, 2.24) is 0 Å². The lowest BCUT2D eigenvalue weighted by atomic mass is 10.1. The number of fused-ring (bicyclic) bond motifs is 1. The first-order valence-electron chi connectivity index (χ1n) is 8.60. The quantitative estimate of drug-likeness (QED) is 0.518. The fourth-order valence-electron chi connectivity index (χ4n) is 2.69. The van der Waals surface area contributed by atoms with Gasteiger partial charge in [0.2, 0.25) is 5.82 Å². The molecule has 132 valence electrons. The maximum Gasteiger partial charge on any atom is 0.372 e. The van der Waals surface area contributed by atoms with Gasteiger partial charge in [-0.3, -0.25) is 0 Å². The highest BCUT2D eigenvalue weighted by atomic mass is 19.1. The van der Waals surface area contributed by atoms with Gasteiger partial charge in [-0.05, 0) is 31.9 Å². The number of unbranched alkanes of at least 4 members (excludes halogenated alkanes) is 6. The normalized spacial score (nSPS) is 11.1. The van der Waals surface area contributed by atoms with Gasteiger partial charge in [-0.15, -0.1) is 0 Å². The van der Waals surface area contributed by atoms with Gasteiger partial charge in [0.1, 0.15) is 11.3 Å². The zero-order valence-corrected chi connectivity index (χ0v) is 14.1. The molecule has 0 unspecified atom stereocenters. The lowest BCUT2D eigenvalue weighted by Gasteiger charge is -2.08. The Morgan fingerprint density at radius 1 is 1.08 bits per heavy atom. The molecule has 0 radical (unpaired) electrons. The van der Waals surface area contributed by atoms with E-state index in [9.17, 15) is 9.18 Å². The van der Waals surface area contributed by atoms with Crippen molar-refractivity contribution < 1.29 is 18.7 Å². The Morgan fingerprint density at radius 2 is 1.75 bits per heavy atom. The van der Waals surface area contributed by atoms with Crippen molar-refractivity contribution in [3.8, 4) is 5.75 Å². The SMILES string of the molecule is Cc1c(F)c(=O)oc2cc(OCCCCCCCCCO)ccc12. The third kappa shape index (κ3) is 5.06. The van der Waals surface area contributed by atoms with E-state index in [-0.39, 0.29) is 6.61 Å². The van der Waals surface area contributed by atoms with Crippen molar-refractivity contribution in [1.29, 1.82) is 0 Å². The van der Waals surface area contributed by atoms with Gasteiger partial charge in [0.05, 0.1) is 6.61 Å². The van der Waals surface area contributed by atoms with E-state index in [1.807, 2.05) is 0 Å². The van der Waals surface area contributed by atoms with Crippen molar-refractivity contribution in [3.05, 3.63) is 40.0 Å². The summed E-state index contributed by atoms with van der Waals surface area (Å²) in [6.07, 6.45) is 7.57. The number of aryl methyl sites for hydroxylation is 1. The van der Waals surface area contributed by atoms with Crippen LogP contribution in [0, 0.1) is 12.7 Å². The molecular formula is C19H25FO4. The minimum Gasteiger partial charge on any atom is -0.493 e. The molecule has 0 fully saturated rings. The second-order valence-corrected chi connectivity index (χ2v) is 6.03. The highest BCUT2D eigenvalue weighted by Crippen LogP contribution is 2.23. The van der Waals surface area contributed by atoms with Crippen LogP contribution in [0.1, 0.15) is 50.5 Å². The van der Waals surface area contributed by atoms with Crippen molar-refractivity contribution in [2.24, 2.45) is 0 Å². The topological polar surface area (TPSA) is 59.7 Å². The summed E-state index contributed by atoms with van der Waals surface area (Å²) in [5.74, 6) is -0.213. The average molecular weight is 336 g/mol. The summed E-state index contributed by atoms with van der Waals surface area (Å²) >= 11 is 0. The van der Waals surface area contributed by atoms with Gasteiger partial charge in [-0.1, -0.05) is 32.1 Å². The maximum atomic E-state index is 13.5. The standard InChI is InChI=1S/C19H25FO4/c1-14-16-10-9-15(13-17(16)24-19(22)18(14)20)23-12-8-6-4-2-3-5-7-11-21/h9-10,13,21H,2-8,11-12H2,1H3. The molecule has 4 nitrogen and oxygen atoms in total. The van der Waals surface area contributed by atoms with Gasteiger partial charge in [0, 0.05) is 23.6 Å². The van der Waals surface area contributed by atoms with E-state index in [1.165, 1.54) is 19.3 Å². The number of aliphatic hydroxyl groups is 1. The van der Waals surface area contributed by atoms with Crippen molar-refractivity contribution in [3.63, 3.8) is 0 Å². The van der Waals surface area contributed by atoms with Gasteiger partial charge in [-0.25, -0.2) is 4.79 Å². The van der Waals surface area contributed by atoms with Crippen LogP contribution in [0.3, 0.4) is 0 Å². The predicted molar refractivity (Wildman–Crippen MR) is 92.1 cm³/mol. The number of halogens is 1. The van der Waals surface area contributed by atoms with Gasteiger partial charge in [0.15, 0.2) is 0 Å². The molecule has 0 aliphatic heterocycles. The number of benzene rings is 1. The minimum atomic E-state index is -0.946. The highest BCUT2D eigenvalue weighted by molar-refractivity contribution is 5.81. The molecule has 0 aliphatic carbocycles. The molecule has 0 atom stereocenters. The molecular weight excluding hydrogens is 311 g/mol. The minimum absolute atomic E-state index is 0.284. The molecule has 1 aromatic heterocycles. The Morgan fingerprint density at radius 3 is 2.46 bits per heavy atom.